The Morgan fingerprint density at radius 3 is 2.65 bits per heavy atom. The van der Waals surface area contributed by atoms with Gasteiger partial charge in [0.2, 0.25) is 0 Å². The maximum atomic E-state index is 13.0. The van der Waals surface area contributed by atoms with Crippen LogP contribution >= 0.6 is 15.9 Å². The predicted molar refractivity (Wildman–Crippen MR) is 69.8 cm³/mol. The van der Waals surface area contributed by atoms with E-state index in [9.17, 15) is 4.39 Å². The third kappa shape index (κ3) is 3.30. The topological polar surface area (TPSA) is 9.23 Å². The van der Waals surface area contributed by atoms with Crippen molar-refractivity contribution in [1.82, 2.24) is 0 Å². The quantitative estimate of drug-likeness (QED) is 0.764. The average molecular weight is 295 g/mol. The Morgan fingerprint density at radius 1 is 1.06 bits per heavy atom. The van der Waals surface area contributed by atoms with Gasteiger partial charge in [-0.25, -0.2) is 4.39 Å². The molecule has 0 aliphatic heterocycles. The molecule has 17 heavy (non-hydrogen) atoms. The number of halogens is 2. The van der Waals surface area contributed by atoms with E-state index >= 15 is 0 Å². The minimum absolute atomic E-state index is 0.236. The van der Waals surface area contributed by atoms with E-state index < -0.39 is 0 Å². The van der Waals surface area contributed by atoms with E-state index in [-0.39, 0.29) is 5.82 Å². The van der Waals surface area contributed by atoms with E-state index in [1.54, 1.807) is 6.07 Å². The molecule has 0 bridgehead atoms. The van der Waals surface area contributed by atoms with Crippen LogP contribution in [0.4, 0.5) is 4.39 Å². The summed E-state index contributed by atoms with van der Waals surface area (Å²) in [4.78, 5) is 0. The Bertz CT molecular complexity index is 499. The van der Waals surface area contributed by atoms with E-state index in [0.29, 0.717) is 6.61 Å². The Hall–Kier alpha value is -1.35. The number of ether oxygens (including phenoxy) is 1. The van der Waals surface area contributed by atoms with Crippen LogP contribution in [0, 0.1) is 5.82 Å². The molecule has 0 N–H and O–H groups in total. The van der Waals surface area contributed by atoms with Crippen molar-refractivity contribution in [1.29, 1.82) is 0 Å². The molecule has 88 valence electrons. The van der Waals surface area contributed by atoms with Crippen LogP contribution in [-0.2, 0) is 11.9 Å². The second-order valence-corrected chi connectivity index (χ2v) is 4.22. The minimum atomic E-state index is -0.236. The summed E-state index contributed by atoms with van der Waals surface area (Å²) in [5, 5.41) is 0.742. The molecule has 1 nitrogen and oxygen atoms in total. The molecule has 0 atom stereocenters. The SMILES string of the molecule is Fc1cccc(COc2ccccc2CBr)c1. The monoisotopic (exact) mass is 294 g/mol. The van der Waals surface area contributed by atoms with Crippen LogP contribution in [0.25, 0.3) is 0 Å². The van der Waals surface area contributed by atoms with E-state index in [0.717, 1.165) is 22.2 Å². The zero-order valence-corrected chi connectivity index (χ0v) is 10.8. The number of para-hydroxylation sites is 1. The zero-order chi connectivity index (χ0) is 12.1. The van der Waals surface area contributed by atoms with Gasteiger partial charge in [0.1, 0.15) is 18.2 Å². The second kappa shape index (κ2) is 5.82. The Balaban J connectivity index is 2.07. The van der Waals surface area contributed by atoms with Gasteiger partial charge in [-0.15, -0.1) is 0 Å². The lowest BCUT2D eigenvalue weighted by Crippen LogP contribution is -1.98. The number of rotatable bonds is 4. The maximum absolute atomic E-state index is 13.0. The van der Waals surface area contributed by atoms with Crippen molar-refractivity contribution in [2.45, 2.75) is 11.9 Å². The molecule has 2 aromatic carbocycles. The summed E-state index contributed by atoms with van der Waals surface area (Å²) in [6.07, 6.45) is 0. The van der Waals surface area contributed by atoms with Gasteiger partial charge in [0.25, 0.3) is 0 Å². The van der Waals surface area contributed by atoms with Gasteiger partial charge < -0.3 is 4.74 Å². The Kier molecular flexibility index (Phi) is 4.15. The smallest absolute Gasteiger partial charge is 0.123 e. The molecule has 0 saturated heterocycles. The normalized spacial score (nSPS) is 10.2. The molecule has 0 radical (unpaired) electrons. The van der Waals surface area contributed by atoms with Crippen molar-refractivity contribution in [3.05, 3.63) is 65.5 Å². The Morgan fingerprint density at radius 2 is 1.88 bits per heavy atom. The molecule has 2 rings (SSSR count). The fourth-order valence-electron chi connectivity index (χ4n) is 1.54. The van der Waals surface area contributed by atoms with Gasteiger partial charge in [-0.2, -0.15) is 0 Å². The van der Waals surface area contributed by atoms with Gasteiger partial charge >= 0.3 is 0 Å². The van der Waals surface area contributed by atoms with Crippen molar-refractivity contribution in [3.8, 4) is 5.75 Å². The van der Waals surface area contributed by atoms with E-state index in [1.165, 1.54) is 12.1 Å². The first-order valence-corrected chi connectivity index (χ1v) is 6.43. The van der Waals surface area contributed by atoms with E-state index in [2.05, 4.69) is 15.9 Å². The number of benzene rings is 2. The maximum Gasteiger partial charge on any atom is 0.123 e. The Labute approximate surface area is 108 Å². The molecule has 0 unspecified atom stereocenters. The lowest BCUT2D eigenvalue weighted by atomic mass is 10.2. The average Bonchev–Trinajstić information content (AvgIpc) is 2.37. The summed E-state index contributed by atoms with van der Waals surface area (Å²) in [6.45, 7) is 0.377. The summed E-state index contributed by atoms with van der Waals surface area (Å²) >= 11 is 3.41. The molecule has 0 saturated carbocycles. The van der Waals surface area contributed by atoms with Crippen molar-refractivity contribution in [2.75, 3.05) is 0 Å². The molecule has 2 aromatic rings. The van der Waals surface area contributed by atoms with Gasteiger partial charge in [0.15, 0.2) is 0 Å². The molecule has 0 heterocycles. The molecular weight excluding hydrogens is 283 g/mol. The molecule has 0 aliphatic rings. The van der Waals surface area contributed by atoms with Crippen LogP contribution in [0.5, 0.6) is 5.75 Å². The number of hydrogen-bond donors (Lipinski definition) is 0. The first kappa shape index (κ1) is 12.1. The third-order valence-electron chi connectivity index (χ3n) is 2.40. The molecule has 0 aromatic heterocycles. The lowest BCUT2D eigenvalue weighted by molar-refractivity contribution is 0.303. The highest BCUT2D eigenvalue weighted by Gasteiger charge is 2.02. The molecular formula is C14H12BrFO. The molecule has 0 fully saturated rings. The summed E-state index contributed by atoms with van der Waals surface area (Å²) in [5.74, 6) is 0.591. The standard InChI is InChI=1S/C14H12BrFO/c15-9-12-5-1-2-7-14(12)17-10-11-4-3-6-13(16)8-11/h1-8H,9-10H2. The second-order valence-electron chi connectivity index (χ2n) is 3.66. The van der Waals surface area contributed by atoms with Gasteiger partial charge in [0, 0.05) is 10.9 Å². The fourth-order valence-corrected chi connectivity index (χ4v) is 2.01. The van der Waals surface area contributed by atoms with Crippen molar-refractivity contribution in [2.24, 2.45) is 0 Å². The van der Waals surface area contributed by atoms with E-state index in [4.69, 9.17) is 4.74 Å². The number of hydrogen-bond acceptors (Lipinski definition) is 1. The van der Waals surface area contributed by atoms with E-state index in [1.807, 2.05) is 30.3 Å². The molecule has 0 spiro atoms. The van der Waals surface area contributed by atoms with Crippen LogP contribution in [0.2, 0.25) is 0 Å². The van der Waals surface area contributed by atoms with Crippen LogP contribution in [0.3, 0.4) is 0 Å². The summed E-state index contributed by atoms with van der Waals surface area (Å²) < 4.78 is 18.6. The first-order valence-electron chi connectivity index (χ1n) is 5.30. The summed E-state index contributed by atoms with van der Waals surface area (Å²) in [7, 11) is 0. The van der Waals surface area contributed by atoms with Crippen molar-refractivity contribution < 1.29 is 9.13 Å². The van der Waals surface area contributed by atoms with Crippen LogP contribution in [0.15, 0.2) is 48.5 Å². The van der Waals surface area contributed by atoms with Crippen molar-refractivity contribution in [3.63, 3.8) is 0 Å². The highest BCUT2D eigenvalue weighted by atomic mass is 79.9. The third-order valence-corrected chi connectivity index (χ3v) is 3.00. The predicted octanol–water partition coefficient (Wildman–Crippen LogP) is 4.30. The minimum Gasteiger partial charge on any atom is -0.489 e. The molecule has 0 aliphatic carbocycles. The van der Waals surface area contributed by atoms with Crippen LogP contribution < -0.4 is 4.74 Å². The van der Waals surface area contributed by atoms with Gasteiger partial charge in [-0.1, -0.05) is 46.3 Å². The fraction of sp³-hybridized carbons (Fsp3) is 0.143. The molecule has 3 heteroatoms. The zero-order valence-electron chi connectivity index (χ0n) is 9.20. The number of alkyl halides is 1. The highest BCUT2D eigenvalue weighted by molar-refractivity contribution is 9.08. The summed E-state index contributed by atoms with van der Waals surface area (Å²) in [6, 6.07) is 14.2. The van der Waals surface area contributed by atoms with Gasteiger partial charge in [-0.05, 0) is 23.8 Å². The van der Waals surface area contributed by atoms with Gasteiger partial charge in [-0.3, -0.25) is 0 Å². The van der Waals surface area contributed by atoms with Gasteiger partial charge in [0.05, 0.1) is 0 Å². The first-order chi connectivity index (χ1) is 8.29. The van der Waals surface area contributed by atoms with Crippen LogP contribution in [-0.4, -0.2) is 0 Å². The highest BCUT2D eigenvalue weighted by Crippen LogP contribution is 2.21. The lowest BCUT2D eigenvalue weighted by Gasteiger charge is -2.09. The van der Waals surface area contributed by atoms with Crippen molar-refractivity contribution >= 4 is 15.9 Å². The molecule has 0 amide bonds. The largest absolute Gasteiger partial charge is 0.489 e. The summed E-state index contributed by atoms with van der Waals surface area (Å²) in [5.41, 5.74) is 1.92. The van der Waals surface area contributed by atoms with Crippen LogP contribution in [0.1, 0.15) is 11.1 Å².